The Labute approximate surface area is 65.2 Å². The van der Waals surface area contributed by atoms with Crippen molar-refractivity contribution in [1.29, 1.82) is 0 Å². The maximum atomic E-state index is 10.3. The molecule has 10 heavy (non-hydrogen) atoms. The Balaban J connectivity index is 4.07. The Kier molecular flexibility index (Phi) is 3.46. The molecule has 0 amide bonds. The number of aliphatic carboxylic acids is 1. The first-order chi connectivity index (χ1) is 4.46. The van der Waals surface area contributed by atoms with E-state index in [9.17, 15) is 4.79 Å². The Hall–Kier alpha value is -0.480. The lowest BCUT2D eigenvalue weighted by Crippen LogP contribution is -2.39. The van der Waals surface area contributed by atoms with Crippen LogP contribution < -0.4 is 5.73 Å². The number of carbonyl (C=O) groups is 1. The molecule has 0 aromatic carbocycles. The maximum absolute atomic E-state index is 10.3. The Morgan fingerprint density at radius 3 is 2.20 bits per heavy atom. The lowest BCUT2D eigenvalue weighted by atomic mass is 10.0. The minimum Gasteiger partial charge on any atom is -0.480 e. The molecule has 0 radical (unpaired) electrons. The van der Waals surface area contributed by atoms with Gasteiger partial charge in [0.15, 0.2) is 0 Å². The number of rotatable bonds is 3. The van der Waals surface area contributed by atoms with Crippen molar-refractivity contribution in [3.8, 4) is 0 Å². The van der Waals surface area contributed by atoms with E-state index in [-0.39, 0.29) is 5.92 Å². The fraction of sp³-hybridized carbons (Fsp3) is 0.667. The van der Waals surface area contributed by atoms with Gasteiger partial charge in [-0.05, 0) is 11.8 Å². The summed E-state index contributed by atoms with van der Waals surface area (Å²) < 4.78 is 0. The van der Waals surface area contributed by atoms with Gasteiger partial charge in [0.25, 0.3) is 0 Å². The molecule has 2 atom stereocenters. The van der Waals surface area contributed by atoms with Crippen LogP contribution in [-0.2, 0) is 4.79 Å². The van der Waals surface area contributed by atoms with E-state index in [0.717, 1.165) is 0 Å². The molecule has 0 rings (SSSR count). The third-order valence-electron chi connectivity index (χ3n) is 1.47. The lowest BCUT2D eigenvalue weighted by molar-refractivity contribution is -0.139. The zero-order valence-electron chi connectivity index (χ0n) is 6.00. The molecule has 0 saturated carbocycles. The van der Waals surface area contributed by atoms with Crippen molar-refractivity contribution in [2.24, 2.45) is 11.7 Å². The van der Waals surface area contributed by atoms with E-state index in [2.05, 4.69) is 0 Å². The van der Waals surface area contributed by atoms with Crippen LogP contribution in [-0.4, -0.2) is 22.0 Å². The van der Waals surface area contributed by atoms with E-state index in [4.69, 9.17) is 23.1 Å². The fourth-order valence-electron chi connectivity index (χ4n) is 0.467. The molecule has 0 aromatic rings. The van der Waals surface area contributed by atoms with Gasteiger partial charge in [-0.3, -0.25) is 4.79 Å². The number of hydrogen-bond donors (Lipinski definition) is 2. The van der Waals surface area contributed by atoms with Gasteiger partial charge in [0.1, 0.15) is 6.04 Å². The van der Waals surface area contributed by atoms with Gasteiger partial charge in [-0.2, -0.15) is 0 Å². The molecule has 3 N–H and O–H groups in total. The van der Waals surface area contributed by atoms with Crippen LogP contribution in [0.1, 0.15) is 13.8 Å². The normalized spacial score (nSPS) is 15.9. The molecular weight excluding hydrogens is 150 g/mol. The van der Waals surface area contributed by atoms with Gasteiger partial charge in [0.05, 0.1) is 0 Å². The SMILES string of the molecule is CC(=S)[C@H](C)[C@H](N)C(=O)O. The average Bonchev–Trinajstić information content (AvgIpc) is 1.84. The predicted molar refractivity (Wildman–Crippen MR) is 43.0 cm³/mol. The second-order valence-electron chi connectivity index (χ2n) is 2.26. The number of hydrogen-bond acceptors (Lipinski definition) is 3. The standard InChI is InChI=1S/C6H11NO2S/c1-3(4(2)10)5(7)6(8)9/h3,5H,7H2,1-2H3,(H,8,9)/t3-,5-/m0/s1. The quantitative estimate of drug-likeness (QED) is 0.589. The molecular formula is C6H11NO2S. The van der Waals surface area contributed by atoms with Crippen LogP contribution in [0.5, 0.6) is 0 Å². The van der Waals surface area contributed by atoms with E-state index >= 15 is 0 Å². The van der Waals surface area contributed by atoms with E-state index in [0.29, 0.717) is 4.86 Å². The largest absolute Gasteiger partial charge is 0.480 e. The number of thiocarbonyl (C=S) groups is 1. The van der Waals surface area contributed by atoms with Crippen molar-refractivity contribution in [2.45, 2.75) is 19.9 Å². The molecule has 58 valence electrons. The smallest absolute Gasteiger partial charge is 0.321 e. The molecule has 0 spiro atoms. The van der Waals surface area contributed by atoms with Crippen molar-refractivity contribution in [2.75, 3.05) is 0 Å². The topological polar surface area (TPSA) is 63.3 Å². The molecule has 4 heteroatoms. The highest BCUT2D eigenvalue weighted by atomic mass is 32.1. The first-order valence-electron chi connectivity index (χ1n) is 2.95. The average molecular weight is 161 g/mol. The molecule has 0 saturated heterocycles. The van der Waals surface area contributed by atoms with Gasteiger partial charge in [-0.15, -0.1) is 0 Å². The predicted octanol–water partition coefficient (Wildman–Crippen LogP) is 0.424. The van der Waals surface area contributed by atoms with Gasteiger partial charge in [-0.25, -0.2) is 0 Å². The minimum absolute atomic E-state index is 0.229. The summed E-state index contributed by atoms with van der Waals surface area (Å²) >= 11 is 4.77. The van der Waals surface area contributed by atoms with Crippen LogP contribution in [0.25, 0.3) is 0 Å². The van der Waals surface area contributed by atoms with Crippen molar-refractivity contribution in [1.82, 2.24) is 0 Å². The summed E-state index contributed by atoms with van der Waals surface area (Å²) in [5.41, 5.74) is 5.27. The minimum atomic E-state index is -1.00. The van der Waals surface area contributed by atoms with Crippen LogP contribution in [0.3, 0.4) is 0 Å². The Bertz CT molecular complexity index is 140. The molecule has 0 aliphatic heterocycles. The third-order valence-corrected chi connectivity index (χ3v) is 1.84. The van der Waals surface area contributed by atoms with Gasteiger partial charge in [0, 0.05) is 5.92 Å². The van der Waals surface area contributed by atoms with E-state index < -0.39 is 12.0 Å². The highest BCUT2D eigenvalue weighted by molar-refractivity contribution is 7.80. The first kappa shape index (κ1) is 9.52. The zero-order valence-corrected chi connectivity index (χ0v) is 6.81. The Morgan fingerprint density at radius 1 is 1.70 bits per heavy atom. The zero-order chi connectivity index (χ0) is 8.31. The number of carboxylic acids is 1. The van der Waals surface area contributed by atoms with Gasteiger partial charge < -0.3 is 10.8 Å². The Morgan fingerprint density at radius 2 is 2.10 bits per heavy atom. The van der Waals surface area contributed by atoms with Gasteiger partial charge >= 0.3 is 5.97 Å². The second kappa shape index (κ2) is 3.63. The summed E-state index contributed by atoms with van der Waals surface area (Å²) in [6, 6.07) is -0.863. The van der Waals surface area contributed by atoms with Crippen molar-refractivity contribution < 1.29 is 9.90 Å². The second-order valence-corrected chi connectivity index (χ2v) is 2.91. The van der Waals surface area contributed by atoms with Crippen molar-refractivity contribution in [3.05, 3.63) is 0 Å². The van der Waals surface area contributed by atoms with Crippen LogP contribution in [0.15, 0.2) is 0 Å². The van der Waals surface area contributed by atoms with E-state index in [1.807, 2.05) is 0 Å². The highest BCUT2D eigenvalue weighted by Gasteiger charge is 2.20. The summed E-state index contributed by atoms with van der Waals surface area (Å²) in [6.07, 6.45) is 0. The van der Waals surface area contributed by atoms with Crippen molar-refractivity contribution in [3.63, 3.8) is 0 Å². The lowest BCUT2D eigenvalue weighted by Gasteiger charge is -2.13. The summed E-state index contributed by atoms with van der Waals surface area (Å²) in [5.74, 6) is -1.23. The first-order valence-corrected chi connectivity index (χ1v) is 3.36. The number of nitrogens with two attached hydrogens (primary N) is 1. The molecule has 0 fully saturated rings. The highest BCUT2D eigenvalue weighted by Crippen LogP contribution is 2.03. The molecule has 3 nitrogen and oxygen atoms in total. The van der Waals surface area contributed by atoms with Gasteiger partial charge in [-0.1, -0.05) is 19.1 Å². The van der Waals surface area contributed by atoms with Crippen LogP contribution in [0, 0.1) is 5.92 Å². The molecule has 0 unspecified atom stereocenters. The van der Waals surface area contributed by atoms with Gasteiger partial charge in [0.2, 0.25) is 0 Å². The van der Waals surface area contributed by atoms with E-state index in [1.54, 1.807) is 13.8 Å². The maximum Gasteiger partial charge on any atom is 0.321 e. The molecule has 0 bridgehead atoms. The fourth-order valence-corrected chi connectivity index (χ4v) is 0.613. The van der Waals surface area contributed by atoms with Crippen molar-refractivity contribution >= 4 is 23.1 Å². The monoisotopic (exact) mass is 161 g/mol. The summed E-state index contributed by atoms with van der Waals surface area (Å²) in [6.45, 7) is 3.41. The van der Waals surface area contributed by atoms with Crippen LogP contribution in [0.2, 0.25) is 0 Å². The van der Waals surface area contributed by atoms with Crippen LogP contribution in [0.4, 0.5) is 0 Å². The number of carboxylic acid groups (broad SMARTS) is 1. The summed E-state index contributed by atoms with van der Waals surface area (Å²) in [4.78, 5) is 10.9. The molecule has 0 aliphatic carbocycles. The van der Waals surface area contributed by atoms with E-state index in [1.165, 1.54) is 0 Å². The molecule has 0 heterocycles. The third kappa shape index (κ3) is 2.41. The summed E-state index contributed by atoms with van der Waals surface area (Å²) in [7, 11) is 0. The summed E-state index contributed by atoms with van der Waals surface area (Å²) in [5, 5.41) is 8.42. The molecule has 0 aliphatic rings. The molecule has 0 aromatic heterocycles. The van der Waals surface area contributed by atoms with Crippen LogP contribution >= 0.6 is 12.2 Å².